The van der Waals surface area contributed by atoms with Gasteiger partial charge < -0.3 is 14.6 Å². The number of alkyl halides is 3. The van der Waals surface area contributed by atoms with Gasteiger partial charge in [0.15, 0.2) is 5.60 Å². The van der Waals surface area contributed by atoms with Gasteiger partial charge in [-0.2, -0.15) is 13.2 Å². The van der Waals surface area contributed by atoms with Gasteiger partial charge in [0.1, 0.15) is 11.5 Å². The van der Waals surface area contributed by atoms with Crippen LogP contribution in [0.1, 0.15) is 39.2 Å². The third-order valence-electron chi connectivity index (χ3n) is 2.96. The Morgan fingerprint density at radius 1 is 1.05 bits per heavy atom. The Balaban J connectivity index is 3.18. The van der Waals surface area contributed by atoms with Crippen LogP contribution in [0.25, 0.3) is 0 Å². The monoisotopic (exact) mass is 306 g/mol. The fourth-order valence-electron chi connectivity index (χ4n) is 1.70. The number of ether oxygens (including phenoxy) is 2. The van der Waals surface area contributed by atoms with E-state index in [2.05, 4.69) is 0 Å². The summed E-state index contributed by atoms with van der Waals surface area (Å²) in [5, 5.41) is 9.82. The molecule has 0 aliphatic heterocycles. The zero-order chi connectivity index (χ0) is 16.1. The molecule has 0 saturated carbocycles. The average molecular weight is 306 g/mol. The van der Waals surface area contributed by atoms with Crippen LogP contribution in [0.15, 0.2) is 18.2 Å². The predicted molar refractivity (Wildman–Crippen MR) is 73.6 cm³/mol. The van der Waals surface area contributed by atoms with Gasteiger partial charge in [-0.05, 0) is 31.9 Å². The standard InChI is InChI=1S/C15H21F3O3/c1-4-8-20-11-6-7-12(13(10-11)21-9-5-2)14(3,19)15(16,17)18/h6-7,10,19H,4-5,8-9H2,1-3H3. The first-order chi connectivity index (χ1) is 9.74. The maximum atomic E-state index is 13.0. The Bertz CT molecular complexity index is 456. The van der Waals surface area contributed by atoms with Crippen molar-refractivity contribution in [3.8, 4) is 11.5 Å². The van der Waals surface area contributed by atoms with Crippen molar-refractivity contribution in [2.24, 2.45) is 0 Å². The molecule has 1 unspecified atom stereocenters. The van der Waals surface area contributed by atoms with Crippen LogP contribution < -0.4 is 9.47 Å². The topological polar surface area (TPSA) is 38.7 Å². The van der Waals surface area contributed by atoms with E-state index in [4.69, 9.17) is 9.47 Å². The molecule has 1 rings (SSSR count). The average Bonchev–Trinajstić information content (AvgIpc) is 2.41. The number of aliphatic hydroxyl groups is 1. The minimum absolute atomic E-state index is 0.00669. The first-order valence-electron chi connectivity index (χ1n) is 6.93. The molecule has 0 fully saturated rings. The smallest absolute Gasteiger partial charge is 0.421 e. The Morgan fingerprint density at radius 3 is 2.14 bits per heavy atom. The van der Waals surface area contributed by atoms with E-state index in [1.54, 1.807) is 0 Å². The highest BCUT2D eigenvalue weighted by molar-refractivity contribution is 5.44. The second-order valence-electron chi connectivity index (χ2n) is 4.92. The van der Waals surface area contributed by atoms with E-state index in [1.807, 2.05) is 13.8 Å². The van der Waals surface area contributed by atoms with Crippen molar-refractivity contribution in [1.29, 1.82) is 0 Å². The van der Waals surface area contributed by atoms with Crippen LogP contribution in [0, 0.1) is 0 Å². The van der Waals surface area contributed by atoms with Crippen LogP contribution >= 0.6 is 0 Å². The van der Waals surface area contributed by atoms with E-state index in [0.717, 1.165) is 6.42 Å². The summed E-state index contributed by atoms with van der Waals surface area (Å²) in [6, 6.07) is 3.99. The molecule has 0 amide bonds. The van der Waals surface area contributed by atoms with Crippen molar-refractivity contribution in [2.75, 3.05) is 13.2 Å². The lowest BCUT2D eigenvalue weighted by Gasteiger charge is -2.28. The normalized spacial score (nSPS) is 14.6. The second-order valence-corrected chi connectivity index (χ2v) is 4.92. The summed E-state index contributed by atoms with van der Waals surface area (Å²) in [4.78, 5) is 0. The SMILES string of the molecule is CCCOc1ccc(C(C)(O)C(F)(F)F)c(OCCC)c1. The van der Waals surface area contributed by atoms with Gasteiger partial charge in [0, 0.05) is 11.6 Å². The van der Waals surface area contributed by atoms with E-state index in [0.29, 0.717) is 25.7 Å². The summed E-state index contributed by atoms with van der Waals surface area (Å²) >= 11 is 0. The third-order valence-corrected chi connectivity index (χ3v) is 2.96. The van der Waals surface area contributed by atoms with Crippen molar-refractivity contribution in [2.45, 2.75) is 45.4 Å². The second kappa shape index (κ2) is 7.02. The van der Waals surface area contributed by atoms with Gasteiger partial charge in [0.05, 0.1) is 13.2 Å². The van der Waals surface area contributed by atoms with Gasteiger partial charge in [-0.3, -0.25) is 0 Å². The van der Waals surface area contributed by atoms with Gasteiger partial charge in [-0.15, -0.1) is 0 Å². The van der Waals surface area contributed by atoms with E-state index in [9.17, 15) is 18.3 Å². The summed E-state index contributed by atoms with van der Waals surface area (Å²) in [6.07, 6.45) is -3.36. The molecule has 21 heavy (non-hydrogen) atoms. The summed E-state index contributed by atoms with van der Waals surface area (Å²) in [6.45, 7) is 5.21. The van der Waals surface area contributed by atoms with Crippen LogP contribution in [0.3, 0.4) is 0 Å². The quantitative estimate of drug-likeness (QED) is 0.826. The molecule has 3 nitrogen and oxygen atoms in total. The summed E-state index contributed by atoms with van der Waals surface area (Å²) in [5.74, 6) is 0.414. The summed E-state index contributed by atoms with van der Waals surface area (Å²) in [5.41, 5.74) is -3.29. The molecule has 1 atom stereocenters. The van der Waals surface area contributed by atoms with E-state index in [-0.39, 0.29) is 17.9 Å². The molecule has 1 aromatic rings. The highest BCUT2D eigenvalue weighted by atomic mass is 19.4. The molecule has 0 aliphatic carbocycles. The number of halogens is 3. The van der Waals surface area contributed by atoms with Crippen LogP contribution in [0.4, 0.5) is 13.2 Å². The highest BCUT2D eigenvalue weighted by Gasteiger charge is 2.52. The lowest BCUT2D eigenvalue weighted by Crippen LogP contribution is -2.39. The molecule has 0 spiro atoms. The Labute approximate surface area is 122 Å². The molecule has 0 heterocycles. The first kappa shape index (κ1) is 17.6. The molecule has 120 valence electrons. The maximum Gasteiger partial charge on any atom is 0.421 e. The number of hydrogen-bond donors (Lipinski definition) is 1. The fraction of sp³-hybridized carbons (Fsp3) is 0.600. The van der Waals surface area contributed by atoms with Gasteiger partial charge in [0.25, 0.3) is 0 Å². The van der Waals surface area contributed by atoms with Crippen molar-refractivity contribution in [3.05, 3.63) is 23.8 Å². The zero-order valence-electron chi connectivity index (χ0n) is 12.5. The fourth-order valence-corrected chi connectivity index (χ4v) is 1.70. The number of rotatable bonds is 7. The van der Waals surface area contributed by atoms with Crippen molar-refractivity contribution < 1.29 is 27.8 Å². The molecule has 6 heteroatoms. The highest BCUT2D eigenvalue weighted by Crippen LogP contribution is 2.43. The molecule has 1 N–H and O–H groups in total. The summed E-state index contributed by atoms with van der Waals surface area (Å²) < 4.78 is 49.7. The Morgan fingerprint density at radius 2 is 1.62 bits per heavy atom. The van der Waals surface area contributed by atoms with Crippen LogP contribution in [-0.4, -0.2) is 24.5 Å². The van der Waals surface area contributed by atoms with Gasteiger partial charge in [-0.1, -0.05) is 13.8 Å². The van der Waals surface area contributed by atoms with E-state index < -0.39 is 11.8 Å². The van der Waals surface area contributed by atoms with Crippen molar-refractivity contribution in [1.82, 2.24) is 0 Å². The maximum absolute atomic E-state index is 13.0. The lowest BCUT2D eigenvalue weighted by atomic mass is 9.94. The molecule has 0 saturated heterocycles. The lowest BCUT2D eigenvalue weighted by molar-refractivity contribution is -0.259. The number of benzene rings is 1. The zero-order valence-corrected chi connectivity index (χ0v) is 12.5. The molecule has 0 radical (unpaired) electrons. The Kier molecular flexibility index (Phi) is 5.89. The molecular formula is C15H21F3O3. The Hall–Kier alpha value is -1.43. The molecule has 1 aromatic carbocycles. The predicted octanol–water partition coefficient (Wildman–Crippen LogP) is 4.03. The summed E-state index contributed by atoms with van der Waals surface area (Å²) in [7, 11) is 0. The molecule has 0 aliphatic rings. The van der Waals surface area contributed by atoms with Gasteiger partial charge in [-0.25, -0.2) is 0 Å². The van der Waals surface area contributed by atoms with Crippen LogP contribution in [-0.2, 0) is 5.60 Å². The molecule has 0 aromatic heterocycles. The van der Waals surface area contributed by atoms with E-state index in [1.165, 1.54) is 18.2 Å². The van der Waals surface area contributed by atoms with Gasteiger partial charge >= 0.3 is 6.18 Å². The van der Waals surface area contributed by atoms with Crippen molar-refractivity contribution >= 4 is 0 Å². The van der Waals surface area contributed by atoms with E-state index >= 15 is 0 Å². The van der Waals surface area contributed by atoms with Crippen LogP contribution in [0.2, 0.25) is 0 Å². The van der Waals surface area contributed by atoms with Crippen LogP contribution in [0.5, 0.6) is 11.5 Å². The van der Waals surface area contributed by atoms with Crippen molar-refractivity contribution in [3.63, 3.8) is 0 Å². The number of hydrogen-bond acceptors (Lipinski definition) is 3. The third kappa shape index (κ3) is 4.27. The minimum Gasteiger partial charge on any atom is -0.493 e. The minimum atomic E-state index is -4.79. The largest absolute Gasteiger partial charge is 0.493 e. The van der Waals surface area contributed by atoms with Gasteiger partial charge in [0.2, 0.25) is 0 Å². The first-order valence-corrected chi connectivity index (χ1v) is 6.93. The molecular weight excluding hydrogens is 285 g/mol. The molecule has 0 bridgehead atoms.